The van der Waals surface area contributed by atoms with Gasteiger partial charge in [-0.05, 0) is 60.5 Å². The number of nitrogens with one attached hydrogen (secondary N) is 3. The highest BCUT2D eigenvalue weighted by atomic mass is 32.1. The maximum absolute atomic E-state index is 12.8. The van der Waals surface area contributed by atoms with Crippen LogP contribution in [0.1, 0.15) is 58.0 Å². The molecule has 9 heteroatoms. The minimum atomic E-state index is -0.208. The fraction of sp³-hybridized carbons (Fsp3) is 0.308. The number of nitrogens with zero attached hydrogens (tertiary/aromatic N) is 2. The van der Waals surface area contributed by atoms with E-state index in [2.05, 4.69) is 25.8 Å². The van der Waals surface area contributed by atoms with E-state index in [0.29, 0.717) is 30.1 Å². The van der Waals surface area contributed by atoms with E-state index in [1.807, 2.05) is 42.6 Å². The Labute approximate surface area is 207 Å². The van der Waals surface area contributed by atoms with Crippen LogP contribution in [0.15, 0.2) is 54.2 Å². The van der Waals surface area contributed by atoms with Gasteiger partial charge in [-0.3, -0.25) is 19.7 Å². The number of thiophene rings is 1. The van der Waals surface area contributed by atoms with Crippen molar-refractivity contribution in [3.8, 4) is 11.1 Å². The number of amides is 2. The molecule has 180 valence electrons. The summed E-state index contributed by atoms with van der Waals surface area (Å²) in [5.74, 6) is -0.191. The lowest BCUT2D eigenvalue weighted by Gasteiger charge is -2.22. The summed E-state index contributed by atoms with van der Waals surface area (Å²) >= 11 is 1.43. The van der Waals surface area contributed by atoms with Crippen LogP contribution in [-0.2, 0) is 4.74 Å². The van der Waals surface area contributed by atoms with Gasteiger partial charge in [-0.15, -0.1) is 11.3 Å². The zero-order valence-electron chi connectivity index (χ0n) is 19.4. The van der Waals surface area contributed by atoms with E-state index in [-0.39, 0.29) is 23.9 Å². The second-order valence-electron chi connectivity index (χ2n) is 8.64. The molecule has 0 unspecified atom stereocenters. The number of pyridine rings is 1. The van der Waals surface area contributed by atoms with Gasteiger partial charge in [-0.2, -0.15) is 5.10 Å². The van der Waals surface area contributed by atoms with Gasteiger partial charge in [0.05, 0.1) is 28.3 Å². The number of carbonyl (C=O) groups is 2. The number of fused-ring (bicyclic) bond motifs is 1. The Kier molecular flexibility index (Phi) is 6.87. The van der Waals surface area contributed by atoms with Crippen LogP contribution in [0.4, 0.5) is 0 Å². The zero-order chi connectivity index (χ0) is 24.2. The zero-order valence-corrected chi connectivity index (χ0v) is 20.2. The Balaban J connectivity index is 1.24. The molecular weight excluding hydrogens is 462 g/mol. The van der Waals surface area contributed by atoms with Gasteiger partial charge in [0.1, 0.15) is 0 Å². The summed E-state index contributed by atoms with van der Waals surface area (Å²) in [6, 6.07) is 11.2. The topological polar surface area (TPSA) is 109 Å². The first kappa shape index (κ1) is 23.2. The van der Waals surface area contributed by atoms with Gasteiger partial charge in [0.25, 0.3) is 11.8 Å². The Bertz CT molecular complexity index is 1320. The molecule has 0 bridgehead atoms. The van der Waals surface area contributed by atoms with Crippen LogP contribution in [0.3, 0.4) is 0 Å². The molecule has 3 N–H and O–H groups in total. The number of ether oxygens (including phenoxy) is 1. The van der Waals surface area contributed by atoms with E-state index in [0.717, 1.165) is 40.6 Å². The normalized spacial score (nSPS) is 15.1. The van der Waals surface area contributed by atoms with Gasteiger partial charge < -0.3 is 15.4 Å². The maximum atomic E-state index is 12.8. The average Bonchev–Trinajstić information content (AvgIpc) is 3.57. The molecule has 1 atom stereocenters. The van der Waals surface area contributed by atoms with Gasteiger partial charge in [0.2, 0.25) is 0 Å². The van der Waals surface area contributed by atoms with Crippen molar-refractivity contribution in [2.24, 2.45) is 0 Å². The minimum absolute atomic E-state index is 0.0416. The summed E-state index contributed by atoms with van der Waals surface area (Å²) in [5, 5.41) is 15.9. The third-order valence-corrected chi connectivity index (χ3v) is 7.20. The fourth-order valence-electron chi connectivity index (χ4n) is 4.20. The first-order chi connectivity index (χ1) is 17.1. The Morgan fingerprint density at radius 3 is 2.74 bits per heavy atom. The number of hydrogen-bond acceptors (Lipinski definition) is 6. The quantitative estimate of drug-likeness (QED) is 0.355. The number of benzene rings is 1. The molecule has 0 saturated carbocycles. The number of carbonyl (C=O) groups excluding carboxylic acids is 2. The van der Waals surface area contributed by atoms with Crippen molar-refractivity contribution in [1.82, 2.24) is 25.8 Å². The standard InChI is InChI=1S/C26H27N5O3S/c1-2-21(30-25(32)16-3-5-22-18(11-16)14-28-31-22)23-6-4-17(13-27-23)19-12-24(35-15-19)26(33)29-20-7-9-34-10-8-20/h3-6,11-15,20-21H,2,7-10H2,1H3,(H,28,31)(H,29,33)(H,30,32)/t21-/m1/s1. The first-order valence-electron chi connectivity index (χ1n) is 11.8. The molecule has 1 aliphatic rings. The van der Waals surface area contributed by atoms with Crippen molar-refractivity contribution in [2.75, 3.05) is 13.2 Å². The lowest BCUT2D eigenvalue weighted by Crippen LogP contribution is -2.38. The van der Waals surface area contributed by atoms with Crippen LogP contribution < -0.4 is 10.6 Å². The average molecular weight is 490 g/mol. The van der Waals surface area contributed by atoms with Gasteiger partial charge in [0.15, 0.2) is 0 Å². The smallest absolute Gasteiger partial charge is 0.261 e. The molecular formula is C26H27N5O3S. The molecule has 0 radical (unpaired) electrons. The maximum Gasteiger partial charge on any atom is 0.261 e. The van der Waals surface area contributed by atoms with Gasteiger partial charge in [-0.25, -0.2) is 0 Å². The molecule has 35 heavy (non-hydrogen) atoms. The van der Waals surface area contributed by atoms with Crippen LogP contribution in [0, 0.1) is 0 Å². The van der Waals surface area contributed by atoms with Gasteiger partial charge >= 0.3 is 0 Å². The summed E-state index contributed by atoms with van der Waals surface area (Å²) in [7, 11) is 0. The lowest BCUT2D eigenvalue weighted by molar-refractivity contribution is 0.0698. The minimum Gasteiger partial charge on any atom is -0.381 e. The third-order valence-electron chi connectivity index (χ3n) is 6.27. The Morgan fingerprint density at radius 1 is 1.11 bits per heavy atom. The highest BCUT2D eigenvalue weighted by Gasteiger charge is 2.19. The molecule has 4 aromatic rings. The molecule has 1 aliphatic heterocycles. The Hall–Kier alpha value is -3.56. The van der Waals surface area contributed by atoms with Crippen molar-refractivity contribution in [2.45, 2.75) is 38.3 Å². The van der Waals surface area contributed by atoms with Crippen molar-refractivity contribution in [3.05, 3.63) is 70.3 Å². The summed E-state index contributed by atoms with van der Waals surface area (Å²) in [6.45, 7) is 3.40. The molecule has 0 spiro atoms. The largest absolute Gasteiger partial charge is 0.381 e. The molecule has 4 heterocycles. The van der Waals surface area contributed by atoms with E-state index < -0.39 is 0 Å². The molecule has 5 rings (SSSR count). The molecule has 2 amide bonds. The van der Waals surface area contributed by atoms with E-state index >= 15 is 0 Å². The number of rotatable bonds is 7. The van der Waals surface area contributed by atoms with Crippen LogP contribution in [-0.4, -0.2) is 46.3 Å². The third kappa shape index (κ3) is 5.26. The first-order valence-corrected chi connectivity index (χ1v) is 12.7. The van der Waals surface area contributed by atoms with Crippen molar-refractivity contribution in [1.29, 1.82) is 0 Å². The van der Waals surface area contributed by atoms with Crippen LogP contribution in [0.25, 0.3) is 22.0 Å². The summed E-state index contributed by atoms with van der Waals surface area (Å²) in [4.78, 5) is 30.8. The van der Waals surface area contributed by atoms with Gasteiger partial charge in [0, 0.05) is 42.0 Å². The van der Waals surface area contributed by atoms with Crippen LogP contribution >= 0.6 is 11.3 Å². The SMILES string of the molecule is CC[C@@H](NC(=O)c1ccc2[nH]ncc2c1)c1ccc(-c2csc(C(=O)NC3CCOCC3)c2)cn1. The number of hydrogen-bond donors (Lipinski definition) is 3. The van der Waals surface area contributed by atoms with Crippen molar-refractivity contribution in [3.63, 3.8) is 0 Å². The molecule has 1 saturated heterocycles. The van der Waals surface area contributed by atoms with Crippen LogP contribution in [0.2, 0.25) is 0 Å². The molecule has 1 fully saturated rings. The predicted molar refractivity (Wildman–Crippen MR) is 135 cm³/mol. The van der Waals surface area contributed by atoms with Crippen LogP contribution in [0.5, 0.6) is 0 Å². The van der Waals surface area contributed by atoms with Crippen molar-refractivity contribution >= 4 is 34.1 Å². The van der Waals surface area contributed by atoms with Crippen molar-refractivity contribution < 1.29 is 14.3 Å². The highest BCUT2D eigenvalue weighted by Crippen LogP contribution is 2.27. The second kappa shape index (κ2) is 10.4. The summed E-state index contributed by atoms with van der Waals surface area (Å²) in [5.41, 5.74) is 4.15. The number of H-pyrrole nitrogens is 1. The number of aromatic nitrogens is 3. The molecule has 3 aromatic heterocycles. The molecule has 0 aliphatic carbocycles. The Morgan fingerprint density at radius 2 is 1.97 bits per heavy atom. The lowest BCUT2D eigenvalue weighted by atomic mass is 10.1. The molecule has 8 nitrogen and oxygen atoms in total. The number of aromatic amines is 1. The van der Waals surface area contributed by atoms with E-state index in [1.165, 1.54) is 11.3 Å². The predicted octanol–water partition coefficient (Wildman–Crippen LogP) is 4.48. The van der Waals surface area contributed by atoms with Gasteiger partial charge in [-0.1, -0.05) is 13.0 Å². The summed E-state index contributed by atoms with van der Waals surface area (Å²) in [6.07, 6.45) is 5.91. The monoisotopic (exact) mass is 489 g/mol. The van der Waals surface area contributed by atoms with E-state index in [9.17, 15) is 9.59 Å². The van der Waals surface area contributed by atoms with E-state index in [4.69, 9.17) is 4.74 Å². The second-order valence-corrected chi connectivity index (χ2v) is 9.55. The summed E-state index contributed by atoms with van der Waals surface area (Å²) < 4.78 is 5.36. The highest BCUT2D eigenvalue weighted by molar-refractivity contribution is 7.12. The fourth-order valence-corrected chi connectivity index (χ4v) is 5.02. The molecule has 1 aromatic carbocycles. The van der Waals surface area contributed by atoms with E-state index in [1.54, 1.807) is 18.5 Å².